The number of non-ortho nitro benzene ring substituents is 1. The number of quaternary nitrogens is 1. The van der Waals surface area contributed by atoms with Crippen LogP contribution in [-0.2, 0) is 5.41 Å². The molecule has 2 N–H and O–H groups in total. The Morgan fingerprint density at radius 3 is 2.10 bits per heavy atom. The number of nitro groups is 1. The number of nitrogens with two attached hydrogens (primary N) is 1. The smallest absolute Gasteiger partial charge is 0.274 e. The normalized spacial score (nSPS) is 13.9. The Kier molecular flexibility index (Phi) is 6.55. The van der Waals surface area contributed by atoms with E-state index in [4.69, 9.17) is 4.42 Å². The molecule has 0 amide bonds. The molecule has 0 bridgehead atoms. The second-order valence-electron chi connectivity index (χ2n) is 9.37. The van der Waals surface area contributed by atoms with E-state index < -0.39 is 4.92 Å². The topological polar surface area (TPSA) is 98.7 Å². The van der Waals surface area contributed by atoms with Gasteiger partial charge in [-0.1, -0.05) is 58.9 Å². The largest absolute Gasteiger partial charge is 0.415 e. The molecule has 3 aromatic rings. The fourth-order valence-electron chi connectivity index (χ4n) is 3.58. The minimum Gasteiger partial charge on any atom is -0.415 e. The molecule has 0 saturated carbocycles. The average molecular weight is 424 g/mol. The predicted molar refractivity (Wildman–Crippen MR) is 119 cm³/mol. The molecule has 164 valence electrons. The lowest BCUT2D eigenvalue weighted by molar-refractivity contribution is -0.739. The van der Waals surface area contributed by atoms with Crippen molar-refractivity contribution in [3.8, 4) is 11.5 Å². The zero-order chi connectivity index (χ0) is 22.8. The molecule has 0 fully saturated rings. The quantitative estimate of drug-likeness (QED) is 0.427. The van der Waals surface area contributed by atoms with E-state index in [0.29, 0.717) is 23.3 Å². The first-order chi connectivity index (χ1) is 14.6. The Hall–Kier alpha value is -3.06. The van der Waals surface area contributed by atoms with Gasteiger partial charge < -0.3 is 9.73 Å². The average Bonchev–Trinajstić information content (AvgIpc) is 3.21. The molecule has 2 aromatic carbocycles. The van der Waals surface area contributed by atoms with Gasteiger partial charge in [-0.15, -0.1) is 10.2 Å². The monoisotopic (exact) mass is 423 g/mol. The summed E-state index contributed by atoms with van der Waals surface area (Å²) in [5.41, 5.74) is 3.40. The molecule has 1 aromatic heterocycles. The number of benzene rings is 2. The first-order valence-electron chi connectivity index (χ1n) is 10.6. The Bertz CT molecular complexity index is 1020. The van der Waals surface area contributed by atoms with E-state index in [-0.39, 0.29) is 23.2 Å². The van der Waals surface area contributed by atoms with Crippen molar-refractivity contribution in [3.05, 3.63) is 75.7 Å². The molecule has 0 unspecified atom stereocenters. The number of hydrogen-bond acceptors (Lipinski definition) is 5. The van der Waals surface area contributed by atoms with Gasteiger partial charge in [-0.05, 0) is 30.0 Å². The van der Waals surface area contributed by atoms with E-state index in [1.54, 1.807) is 12.1 Å². The first kappa shape index (κ1) is 22.6. The molecule has 31 heavy (non-hydrogen) atoms. The highest BCUT2D eigenvalue weighted by Crippen LogP contribution is 2.26. The van der Waals surface area contributed by atoms with Gasteiger partial charge in [0, 0.05) is 29.2 Å². The van der Waals surface area contributed by atoms with Gasteiger partial charge in [-0.2, -0.15) is 0 Å². The van der Waals surface area contributed by atoms with Crippen LogP contribution >= 0.6 is 0 Å². The maximum atomic E-state index is 10.8. The highest BCUT2D eigenvalue weighted by molar-refractivity contribution is 5.55. The third-order valence-corrected chi connectivity index (χ3v) is 5.53. The van der Waals surface area contributed by atoms with Crippen molar-refractivity contribution in [2.45, 2.75) is 59.0 Å². The van der Waals surface area contributed by atoms with Gasteiger partial charge in [0.2, 0.25) is 5.89 Å². The van der Waals surface area contributed by atoms with E-state index >= 15 is 0 Å². The van der Waals surface area contributed by atoms with E-state index in [0.717, 1.165) is 0 Å². The summed E-state index contributed by atoms with van der Waals surface area (Å²) in [6.45, 7) is 13.1. The lowest BCUT2D eigenvalue weighted by Crippen LogP contribution is -2.86. The van der Waals surface area contributed by atoms with Crippen LogP contribution < -0.4 is 5.32 Å². The van der Waals surface area contributed by atoms with Crippen LogP contribution in [0.3, 0.4) is 0 Å². The maximum absolute atomic E-state index is 10.8. The minimum atomic E-state index is -0.430. The number of nitro benzene ring substituents is 1. The van der Waals surface area contributed by atoms with Crippen LogP contribution in [0.25, 0.3) is 11.5 Å². The zero-order valence-electron chi connectivity index (χ0n) is 19.0. The molecule has 0 aliphatic carbocycles. The standard InChI is InChI=1S/C24H30N4O3/c1-15(2)21(17-7-11-19(12-8-17)24(4,5)6)25-16(3)22-26-27-23(31-22)18-9-13-20(14-10-18)28(29)30/h7-16,21,25H,1-6H3/p+1/t16-,21-/m1/s1. The lowest BCUT2D eigenvalue weighted by Gasteiger charge is -2.24. The Balaban J connectivity index is 1.76. The van der Waals surface area contributed by atoms with E-state index in [9.17, 15) is 10.1 Å². The van der Waals surface area contributed by atoms with Gasteiger partial charge in [0.05, 0.1) is 4.92 Å². The van der Waals surface area contributed by atoms with Crippen molar-refractivity contribution in [2.24, 2.45) is 5.92 Å². The number of nitrogens with zero attached hydrogens (tertiary/aromatic N) is 3. The van der Waals surface area contributed by atoms with Gasteiger partial charge >= 0.3 is 0 Å². The minimum absolute atomic E-state index is 0.0300. The van der Waals surface area contributed by atoms with Gasteiger partial charge in [0.15, 0.2) is 6.04 Å². The highest BCUT2D eigenvalue weighted by Gasteiger charge is 2.26. The predicted octanol–water partition coefficient (Wildman–Crippen LogP) is 4.96. The summed E-state index contributed by atoms with van der Waals surface area (Å²) in [5.74, 6) is 1.31. The fourth-order valence-corrected chi connectivity index (χ4v) is 3.58. The second kappa shape index (κ2) is 8.98. The van der Waals surface area contributed by atoms with E-state index in [1.807, 2.05) is 6.92 Å². The lowest BCUT2D eigenvalue weighted by atomic mass is 9.85. The molecule has 3 rings (SSSR count). The van der Waals surface area contributed by atoms with E-state index in [1.165, 1.54) is 23.3 Å². The molecular formula is C24H31N4O3+. The summed E-state index contributed by atoms with van der Waals surface area (Å²) in [5, 5.41) is 21.4. The maximum Gasteiger partial charge on any atom is 0.274 e. The van der Waals surface area contributed by atoms with Crippen LogP contribution in [0.2, 0.25) is 0 Å². The van der Waals surface area contributed by atoms with Crippen molar-refractivity contribution in [1.29, 1.82) is 0 Å². The number of rotatable bonds is 7. The molecule has 7 heteroatoms. The highest BCUT2D eigenvalue weighted by atomic mass is 16.6. The summed E-state index contributed by atoms with van der Waals surface area (Å²) in [7, 11) is 0. The molecule has 7 nitrogen and oxygen atoms in total. The third-order valence-electron chi connectivity index (χ3n) is 5.53. The van der Waals surface area contributed by atoms with E-state index in [2.05, 4.69) is 74.4 Å². The molecule has 2 atom stereocenters. The van der Waals surface area contributed by atoms with Gasteiger partial charge in [0.25, 0.3) is 11.6 Å². The number of aromatic nitrogens is 2. The van der Waals surface area contributed by atoms with Crippen molar-refractivity contribution >= 4 is 5.69 Å². The SMILES string of the molecule is CC(C)[C@@H]([NH2+][C@H](C)c1nnc(-c2ccc([N+](=O)[O-])cc2)o1)c1ccc(C(C)(C)C)cc1. The van der Waals surface area contributed by atoms with Gasteiger partial charge in [-0.25, -0.2) is 0 Å². The Labute approximate surface area is 183 Å². The molecular weight excluding hydrogens is 392 g/mol. The molecule has 0 aliphatic rings. The number of hydrogen-bond donors (Lipinski definition) is 1. The molecule has 0 spiro atoms. The Morgan fingerprint density at radius 2 is 1.58 bits per heavy atom. The van der Waals surface area contributed by atoms with Crippen LogP contribution in [0.5, 0.6) is 0 Å². The fraction of sp³-hybridized carbons (Fsp3) is 0.417. The van der Waals surface area contributed by atoms with Gasteiger partial charge in [0.1, 0.15) is 6.04 Å². The third kappa shape index (κ3) is 5.35. The molecule has 1 heterocycles. The van der Waals surface area contributed by atoms with Crippen molar-refractivity contribution in [1.82, 2.24) is 10.2 Å². The van der Waals surface area contributed by atoms with Crippen LogP contribution in [0, 0.1) is 16.0 Å². The van der Waals surface area contributed by atoms with Crippen LogP contribution in [-0.4, -0.2) is 15.1 Å². The first-order valence-corrected chi connectivity index (χ1v) is 10.6. The van der Waals surface area contributed by atoms with Crippen LogP contribution in [0.4, 0.5) is 5.69 Å². The molecule has 0 saturated heterocycles. The summed E-state index contributed by atoms with van der Waals surface area (Å²) >= 11 is 0. The van der Waals surface area contributed by atoms with Crippen molar-refractivity contribution in [2.75, 3.05) is 0 Å². The van der Waals surface area contributed by atoms with Crippen LogP contribution in [0.1, 0.15) is 70.6 Å². The summed E-state index contributed by atoms with van der Waals surface area (Å²) in [6.07, 6.45) is 0. The summed E-state index contributed by atoms with van der Waals surface area (Å²) in [4.78, 5) is 10.4. The molecule has 0 radical (unpaired) electrons. The summed E-state index contributed by atoms with van der Waals surface area (Å²) < 4.78 is 5.89. The van der Waals surface area contributed by atoms with Crippen molar-refractivity contribution < 1.29 is 14.7 Å². The Morgan fingerprint density at radius 1 is 0.968 bits per heavy atom. The summed E-state index contributed by atoms with van der Waals surface area (Å²) in [6, 6.07) is 15.2. The van der Waals surface area contributed by atoms with Crippen LogP contribution in [0.15, 0.2) is 52.9 Å². The van der Waals surface area contributed by atoms with Gasteiger partial charge in [-0.3, -0.25) is 10.1 Å². The van der Waals surface area contributed by atoms with Crippen molar-refractivity contribution in [3.63, 3.8) is 0 Å². The second-order valence-corrected chi connectivity index (χ2v) is 9.37. The molecule has 0 aliphatic heterocycles. The zero-order valence-corrected chi connectivity index (χ0v) is 19.0.